The van der Waals surface area contributed by atoms with Crippen LogP contribution in [0.5, 0.6) is 0 Å². The van der Waals surface area contributed by atoms with Crippen LogP contribution in [0.3, 0.4) is 0 Å². The average molecular weight is 457 g/mol. The van der Waals surface area contributed by atoms with Gasteiger partial charge in [0.15, 0.2) is 0 Å². The SMILES string of the molecule is CC1NNC2N1C1SC3CCCC3C1C(c1ccccc1Cl)N(C13CC(C1)C3)C21CC1. The van der Waals surface area contributed by atoms with Crippen LogP contribution < -0.4 is 10.9 Å². The van der Waals surface area contributed by atoms with E-state index >= 15 is 0 Å². The summed E-state index contributed by atoms with van der Waals surface area (Å²) in [6.07, 6.45) is 11.9. The van der Waals surface area contributed by atoms with Crippen molar-refractivity contribution in [2.45, 2.75) is 98.4 Å². The Balaban J connectivity index is 1.36. The zero-order chi connectivity index (χ0) is 20.5. The smallest absolute Gasteiger partial charge is 0.0937 e. The van der Waals surface area contributed by atoms with E-state index in [4.69, 9.17) is 11.6 Å². The molecule has 5 aliphatic carbocycles. The lowest BCUT2D eigenvalue weighted by atomic mass is 9.48. The van der Waals surface area contributed by atoms with Crippen molar-refractivity contribution in [2.24, 2.45) is 17.8 Å². The molecule has 2 bridgehead atoms. The first-order chi connectivity index (χ1) is 15.1. The van der Waals surface area contributed by atoms with E-state index in [0.29, 0.717) is 35.2 Å². The molecular formula is C25H33ClN4S. The molecule has 0 radical (unpaired) electrons. The Bertz CT molecular complexity index is 919. The first-order valence-corrected chi connectivity index (χ1v) is 13.9. The Hall–Kier alpha value is -0.300. The van der Waals surface area contributed by atoms with Gasteiger partial charge in [-0.15, -0.1) is 11.8 Å². The van der Waals surface area contributed by atoms with Gasteiger partial charge in [0.1, 0.15) is 0 Å². The summed E-state index contributed by atoms with van der Waals surface area (Å²) in [7, 11) is 0. The highest BCUT2D eigenvalue weighted by Crippen LogP contribution is 2.72. The van der Waals surface area contributed by atoms with E-state index in [9.17, 15) is 0 Å². The second-order valence-corrected chi connectivity index (χ2v) is 13.5. The number of benzene rings is 1. The fourth-order valence-corrected chi connectivity index (χ4v) is 11.2. The quantitative estimate of drug-likeness (QED) is 0.672. The summed E-state index contributed by atoms with van der Waals surface area (Å²) in [5.74, 6) is 2.48. The fraction of sp³-hybridized carbons (Fsp3) is 0.760. The van der Waals surface area contributed by atoms with Crippen LogP contribution >= 0.6 is 23.4 Å². The summed E-state index contributed by atoms with van der Waals surface area (Å²) in [6.45, 7) is 2.37. The van der Waals surface area contributed by atoms with Gasteiger partial charge in [0.25, 0.3) is 0 Å². The third-order valence-electron chi connectivity index (χ3n) is 10.2. The zero-order valence-electron chi connectivity index (χ0n) is 18.3. The number of halogens is 1. The van der Waals surface area contributed by atoms with Crippen LogP contribution in [-0.2, 0) is 0 Å². The third kappa shape index (κ3) is 2.29. The minimum atomic E-state index is 0.256. The van der Waals surface area contributed by atoms with E-state index in [-0.39, 0.29) is 5.54 Å². The molecule has 4 nitrogen and oxygen atoms in total. The van der Waals surface area contributed by atoms with Crippen LogP contribution in [0, 0.1) is 17.8 Å². The molecule has 0 aromatic heterocycles. The highest BCUT2D eigenvalue weighted by Gasteiger charge is 2.74. The van der Waals surface area contributed by atoms with Gasteiger partial charge in [0.05, 0.1) is 23.2 Å². The third-order valence-corrected chi connectivity index (χ3v) is 12.4. The number of thioether (sulfide) groups is 1. The maximum absolute atomic E-state index is 7.02. The van der Waals surface area contributed by atoms with Crippen LogP contribution in [0.1, 0.15) is 69.9 Å². The van der Waals surface area contributed by atoms with E-state index in [2.05, 4.69) is 63.6 Å². The molecule has 6 heteroatoms. The average Bonchev–Trinajstić information content (AvgIpc) is 3.02. The lowest BCUT2D eigenvalue weighted by Crippen LogP contribution is -2.74. The highest BCUT2D eigenvalue weighted by molar-refractivity contribution is 8.00. The van der Waals surface area contributed by atoms with Gasteiger partial charge < -0.3 is 0 Å². The standard InChI is InChI=1S/C25H33ClN4S/c1-14-27-28-23-25(9-10-25)30(24-11-15(12-24)13-24)21(16-5-2-3-7-18(16)26)20-17-6-4-8-19(17)31-22(20)29(14)23/h2-3,5,7,14-15,17,19-23,27-28H,4,6,8-13H2,1H3. The monoisotopic (exact) mass is 456 g/mol. The molecule has 7 unspecified atom stereocenters. The maximum Gasteiger partial charge on any atom is 0.0937 e. The van der Waals surface area contributed by atoms with Crippen molar-refractivity contribution >= 4 is 23.4 Å². The number of hydrogen-bond acceptors (Lipinski definition) is 5. The summed E-state index contributed by atoms with van der Waals surface area (Å²) in [4.78, 5) is 5.99. The summed E-state index contributed by atoms with van der Waals surface area (Å²) < 4.78 is 0. The topological polar surface area (TPSA) is 30.5 Å². The molecule has 3 saturated heterocycles. The van der Waals surface area contributed by atoms with Gasteiger partial charge in [-0.25, -0.2) is 10.9 Å². The Kier molecular flexibility index (Phi) is 3.82. The van der Waals surface area contributed by atoms with Gasteiger partial charge in [-0.2, -0.15) is 0 Å². The van der Waals surface area contributed by atoms with Gasteiger partial charge in [0, 0.05) is 27.8 Å². The molecule has 3 aliphatic heterocycles. The molecule has 1 aromatic rings. The minimum absolute atomic E-state index is 0.256. The first-order valence-electron chi connectivity index (χ1n) is 12.6. The number of rotatable bonds is 2. The Labute approximate surface area is 194 Å². The molecule has 7 atom stereocenters. The molecule has 9 rings (SSSR count). The summed E-state index contributed by atoms with van der Waals surface area (Å²) in [5, 5.41) is 2.40. The normalized spacial score (nSPS) is 51.5. The van der Waals surface area contributed by atoms with Crippen molar-refractivity contribution in [3.05, 3.63) is 34.9 Å². The number of hydrazine groups is 1. The Morgan fingerprint density at radius 1 is 1.10 bits per heavy atom. The van der Waals surface area contributed by atoms with Gasteiger partial charge in [-0.05, 0) is 75.3 Å². The number of nitrogens with one attached hydrogen (secondary N) is 2. The lowest BCUT2D eigenvalue weighted by Gasteiger charge is -2.70. The molecular weight excluding hydrogens is 424 g/mol. The fourth-order valence-electron chi connectivity index (χ4n) is 8.84. The molecule has 5 saturated carbocycles. The van der Waals surface area contributed by atoms with Gasteiger partial charge >= 0.3 is 0 Å². The molecule has 1 spiro atoms. The molecule has 1 aromatic carbocycles. The van der Waals surface area contributed by atoms with Gasteiger partial charge in [0.2, 0.25) is 0 Å². The molecule has 3 heterocycles. The molecule has 31 heavy (non-hydrogen) atoms. The summed E-state index contributed by atoms with van der Waals surface area (Å²) in [6, 6.07) is 9.33. The van der Waals surface area contributed by atoms with Gasteiger partial charge in [-0.1, -0.05) is 36.2 Å². The maximum atomic E-state index is 7.02. The molecule has 8 aliphatic rings. The first kappa shape index (κ1) is 19.1. The van der Waals surface area contributed by atoms with Crippen LogP contribution in [0.15, 0.2) is 24.3 Å². The number of hydrogen-bond donors (Lipinski definition) is 2. The van der Waals surface area contributed by atoms with E-state index < -0.39 is 0 Å². The van der Waals surface area contributed by atoms with Crippen molar-refractivity contribution in [1.29, 1.82) is 0 Å². The molecule has 0 amide bonds. The van der Waals surface area contributed by atoms with Crippen molar-refractivity contribution < 1.29 is 0 Å². The van der Waals surface area contributed by atoms with Crippen molar-refractivity contribution in [2.75, 3.05) is 0 Å². The highest BCUT2D eigenvalue weighted by atomic mass is 35.5. The summed E-state index contributed by atoms with van der Waals surface area (Å²) >= 11 is 9.34. The van der Waals surface area contributed by atoms with E-state index in [0.717, 1.165) is 22.1 Å². The van der Waals surface area contributed by atoms with E-state index in [1.165, 1.54) is 56.9 Å². The predicted octanol–water partition coefficient (Wildman–Crippen LogP) is 4.72. The molecule has 8 fully saturated rings. The number of fused-ring (bicyclic) bond motifs is 6. The Morgan fingerprint density at radius 3 is 2.61 bits per heavy atom. The van der Waals surface area contributed by atoms with Crippen molar-refractivity contribution in [3.63, 3.8) is 0 Å². The minimum Gasteiger partial charge on any atom is -0.282 e. The van der Waals surface area contributed by atoms with Crippen molar-refractivity contribution in [1.82, 2.24) is 20.7 Å². The molecule has 2 N–H and O–H groups in total. The van der Waals surface area contributed by atoms with E-state index in [1.807, 2.05) is 0 Å². The second kappa shape index (κ2) is 6.22. The van der Waals surface area contributed by atoms with Crippen LogP contribution in [0.2, 0.25) is 5.02 Å². The van der Waals surface area contributed by atoms with Crippen LogP contribution in [0.4, 0.5) is 0 Å². The zero-order valence-corrected chi connectivity index (χ0v) is 19.8. The van der Waals surface area contributed by atoms with Gasteiger partial charge in [-0.3, -0.25) is 9.80 Å². The number of nitrogens with zero attached hydrogens (tertiary/aromatic N) is 2. The summed E-state index contributed by atoms with van der Waals surface area (Å²) in [5.41, 5.74) is 9.59. The van der Waals surface area contributed by atoms with E-state index in [1.54, 1.807) is 0 Å². The van der Waals surface area contributed by atoms with Crippen molar-refractivity contribution in [3.8, 4) is 0 Å². The predicted molar refractivity (Wildman–Crippen MR) is 125 cm³/mol. The second-order valence-electron chi connectivity index (χ2n) is 11.7. The van der Waals surface area contributed by atoms with Crippen LogP contribution in [-0.4, -0.2) is 43.8 Å². The Morgan fingerprint density at radius 2 is 1.90 bits per heavy atom. The van der Waals surface area contributed by atoms with Crippen LogP contribution in [0.25, 0.3) is 0 Å². The largest absolute Gasteiger partial charge is 0.282 e. The lowest BCUT2D eigenvalue weighted by molar-refractivity contribution is -0.196. The molecule has 166 valence electrons.